The number of rotatable bonds is 0. The van der Waals surface area contributed by atoms with Gasteiger partial charge in [-0.1, -0.05) is 0 Å². The molecule has 3 heteroatoms. The molecule has 0 spiro atoms. The van der Waals surface area contributed by atoms with Crippen LogP contribution in [0, 0.1) is 5.21 Å². The molecule has 1 aliphatic heterocycles. The van der Waals surface area contributed by atoms with E-state index in [1.54, 1.807) is 6.92 Å². The lowest BCUT2D eigenvalue weighted by Crippen LogP contribution is -2.26. The molecule has 0 aromatic heterocycles. The highest BCUT2D eigenvalue weighted by Gasteiger charge is 2.15. The van der Waals surface area contributed by atoms with Gasteiger partial charge in [-0.2, -0.15) is 0 Å². The minimum Gasteiger partial charge on any atom is -0.400 e. The molecule has 52 valence electrons. The zero-order valence-corrected chi connectivity index (χ0v) is 5.76. The van der Waals surface area contributed by atoms with Crippen LogP contribution in [0.4, 0.5) is 0 Å². The molecule has 1 heterocycles. The fraction of sp³-hybridized carbons (Fsp3) is 0.833. The van der Waals surface area contributed by atoms with Crippen molar-refractivity contribution in [3.63, 3.8) is 0 Å². The molecule has 0 aliphatic carbocycles. The number of hydrogen-bond acceptors (Lipinski definition) is 2. The zero-order chi connectivity index (χ0) is 6.85. The summed E-state index contributed by atoms with van der Waals surface area (Å²) in [6.07, 6.45) is 1.92. The van der Waals surface area contributed by atoms with Crippen molar-refractivity contribution >= 4 is 5.71 Å². The first-order chi connectivity index (χ1) is 4.20. The maximum absolute atomic E-state index is 10.7. The van der Waals surface area contributed by atoms with Crippen LogP contribution in [0.15, 0.2) is 0 Å². The second-order valence-corrected chi connectivity index (χ2v) is 2.45. The SMILES string of the molecule is CC1=[N+]([O-])OC(C)CC1. The summed E-state index contributed by atoms with van der Waals surface area (Å²) in [4.78, 5) is 5.46. The van der Waals surface area contributed by atoms with Crippen LogP contribution in [-0.2, 0) is 4.84 Å². The molecule has 1 aliphatic rings. The van der Waals surface area contributed by atoms with Gasteiger partial charge in [0, 0.05) is 18.2 Å². The summed E-state index contributed by atoms with van der Waals surface area (Å²) in [6.45, 7) is 3.69. The Kier molecular flexibility index (Phi) is 1.60. The van der Waals surface area contributed by atoms with Crippen LogP contribution in [0.5, 0.6) is 0 Å². The monoisotopic (exact) mass is 129 g/mol. The van der Waals surface area contributed by atoms with E-state index in [-0.39, 0.29) is 6.10 Å². The summed E-state index contributed by atoms with van der Waals surface area (Å²) >= 11 is 0. The molecule has 1 rings (SSSR count). The van der Waals surface area contributed by atoms with Crippen molar-refractivity contribution in [2.24, 2.45) is 0 Å². The molecule has 0 saturated carbocycles. The molecular weight excluding hydrogens is 118 g/mol. The molecule has 0 bridgehead atoms. The lowest BCUT2D eigenvalue weighted by Gasteiger charge is -2.19. The first-order valence-electron chi connectivity index (χ1n) is 3.16. The Morgan fingerprint density at radius 2 is 2.44 bits per heavy atom. The van der Waals surface area contributed by atoms with Gasteiger partial charge in [0.2, 0.25) is 5.71 Å². The van der Waals surface area contributed by atoms with Crippen molar-refractivity contribution in [2.45, 2.75) is 32.8 Å². The highest BCUT2D eigenvalue weighted by Crippen LogP contribution is 2.08. The van der Waals surface area contributed by atoms with Gasteiger partial charge in [0.25, 0.3) is 0 Å². The topological polar surface area (TPSA) is 35.3 Å². The molecule has 0 aromatic carbocycles. The summed E-state index contributed by atoms with van der Waals surface area (Å²) in [6, 6.07) is 0. The quantitative estimate of drug-likeness (QED) is 0.458. The molecule has 0 amide bonds. The first kappa shape index (κ1) is 6.39. The maximum atomic E-state index is 10.7. The Balaban J connectivity index is 2.61. The third kappa shape index (κ3) is 1.34. The van der Waals surface area contributed by atoms with Gasteiger partial charge >= 0.3 is 0 Å². The minimum absolute atomic E-state index is 0.0891. The third-order valence-corrected chi connectivity index (χ3v) is 1.50. The molecule has 0 N–H and O–H groups in total. The van der Waals surface area contributed by atoms with E-state index in [1.807, 2.05) is 6.92 Å². The summed E-state index contributed by atoms with van der Waals surface area (Å²) in [5.74, 6) is 0. The Labute approximate surface area is 54.5 Å². The fourth-order valence-corrected chi connectivity index (χ4v) is 0.810. The maximum Gasteiger partial charge on any atom is 0.218 e. The van der Waals surface area contributed by atoms with E-state index in [0.717, 1.165) is 18.6 Å². The van der Waals surface area contributed by atoms with Crippen LogP contribution >= 0.6 is 0 Å². The molecule has 3 nitrogen and oxygen atoms in total. The average molecular weight is 129 g/mol. The summed E-state index contributed by atoms with van der Waals surface area (Å²) in [5, 5.41) is 10.7. The van der Waals surface area contributed by atoms with Crippen LogP contribution in [-0.4, -0.2) is 16.7 Å². The molecule has 1 unspecified atom stereocenters. The van der Waals surface area contributed by atoms with E-state index in [2.05, 4.69) is 0 Å². The van der Waals surface area contributed by atoms with Gasteiger partial charge in [0.1, 0.15) is 0 Å². The Morgan fingerprint density at radius 3 is 2.89 bits per heavy atom. The Morgan fingerprint density at radius 1 is 1.78 bits per heavy atom. The van der Waals surface area contributed by atoms with E-state index in [1.165, 1.54) is 0 Å². The summed E-state index contributed by atoms with van der Waals surface area (Å²) in [7, 11) is 0. The normalized spacial score (nSPS) is 28.0. The van der Waals surface area contributed by atoms with E-state index in [0.29, 0.717) is 4.90 Å². The highest BCUT2D eigenvalue weighted by molar-refractivity contribution is 5.76. The predicted molar refractivity (Wildman–Crippen MR) is 34.1 cm³/mol. The van der Waals surface area contributed by atoms with Gasteiger partial charge in [-0.15, -0.1) is 0 Å². The second kappa shape index (κ2) is 2.25. The number of nitrogens with zero attached hydrogens (tertiary/aromatic N) is 1. The van der Waals surface area contributed by atoms with Gasteiger partial charge in [0.05, 0.1) is 6.10 Å². The molecule has 1 atom stereocenters. The van der Waals surface area contributed by atoms with E-state index in [9.17, 15) is 5.21 Å². The Bertz CT molecular complexity index is 142. The van der Waals surface area contributed by atoms with Gasteiger partial charge in [-0.3, -0.25) is 5.21 Å². The first-order valence-corrected chi connectivity index (χ1v) is 3.16. The molecule has 0 radical (unpaired) electrons. The van der Waals surface area contributed by atoms with Crippen LogP contribution < -0.4 is 0 Å². The van der Waals surface area contributed by atoms with Crippen molar-refractivity contribution in [3.8, 4) is 0 Å². The average Bonchev–Trinajstić information content (AvgIpc) is 1.80. The van der Waals surface area contributed by atoms with Crippen molar-refractivity contribution in [2.75, 3.05) is 0 Å². The van der Waals surface area contributed by atoms with Gasteiger partial charge in [0.15, 0.2) is 0 Å². The molecule has 0 aromatic rings. The van der Waals surface area contributed by atoms with E-state index < -0.39 is 0 Å². The summed E-state index contributed by atoms with van der Waals surface area (Å²) < 4.78 is 0. The smallest absolute Gasteiger partial charge is 0.218 e. The Hall–Kier alpha value is -0.730. The van der Waals surface area contributed by atoms with E-state index >= 15 is 0 Å². The third-order valence-electron chi connectivity index (χ3n) is 1.50. The molecular formula is C6H11NO2. The largest absolute Gasteiger partial charge is 0.400 e. The molecule has 0 fully saturated rings. The number of hydrogen-bond donors (Lipinski definition) is 0. The van der Waals surface area contributed by atoms with Crippen LogP contribution in [0.2, 0.25) is 0 Å². The zero-order valence-electron chi connectivity index (χ0n) is 5.76. The lowest BCUT2D eigenvalue weighted by atomic mass is 10.1. The van der Waals surface area contributed by atoms with Gasteiger partial charge < -0.3 is 4.84 Å². The highest BCUT2D eigenvalue weighted by atomic mass is 16.9. The van der Waals surface area contributed by atoms with Crippen LogP contribution in [0.3, 0.4) is 0 Å². The standard InChI is InChI=1S/C6H11NO2/c1-5-3-4-6(2)9-7(5)8/h6H,3-4H2,1-2H3. The van der Waals surface area contributed by atoms with Crippen molar-refractivity contribution < 1.29 is 9.74 Å². The lowest BCUT2D eigenvalue weighted by molar-refractivity contribution is -0.757. The summed E-state index contributed by atoms with van der Waals surface area (Å²) in [5.41, 5.74) is 0.771. The van der Waals surface area contributed by atoms with Crippen molar-refractivity contribution in [1.29, 1.82) is 0 Å². The predicted octanol–water partition coefficient (Wildman–Crippen LogP) is 1.07. The molecule has 9 heavy (non-hydrogen) atoms. The molecule has 0 saturated heterocycles. The second-order valence-electron chi connectivity index (χ2n) is 2.45. The van der Waals surface area contributed by atoms with Crippen molar-refractivity contribution in [3.05, 3.63) is 5.21 Å². The van der Waals surface area contributed by atoms with E-state index in [4.69, 9.17) is 4.84 Å². The van der Waals surface area contributed by atoms with Crippen LogP contribution in [0.1, 0.15) is 26.7 Å². The fourth-order valence-electron chi connectivity index (χ4n) is 0.810. The minimum atomic E-state index is 0.0891. The van der Waals surface area contributed by atoms with Gasteiger partial charge in [-0.25, -0.2) is 0 Å². The van der Waals surface area contributed by atoms with Crippen molar-refractivity contribution in [1.82, 2.24) is 0 Å². The van der Waals surface area contributed by atoms with Gasteiger partial charge in [-0.05, 0) is 13.3 Å². The van der Waals surface area contributed by atoms with Crippen LogP contribution in [0.25, 0.3) is 0 Å².